The number of hydrogen-bond donors (Lipinski definition) is 0. The van der Waals surface area contributed by atoms with Crippen molar-refractivity contribution in [2.75, 3.05) is 38.3 Å². The minimum absolute atomic E-state index is 0.0153. The first kappa shape index (κ1) is 53.5. The van der Waals surface area contributed by atoms with E-state index in [-0.39, 0.29) is 29.7 Å². The van der Waals surface area contributed by atoms with Crippen LogP contribution < -0.4 is 9.42 Å². The van der Waals surface area contributed by atoms with Gasteiger partial charge in [0.25, 0.3) is 0 Å². The van der Waals surface area contributed by atoms with Crippen molar-refractivity contribution < 1.29 is 41.8 Å². The Morgan fingerprint density at radius 2 is 1.52 bits per heavy atom. The molecule has 0 saturated carbocycles. The van der Waals surface area contributed by atoms with Crippen LogP contribution in [0.2, 0.25) is 5.02 Å². The molecular weight excluding hydrogens is 881 g/mol. The van der Waals surface area contributed by atoms with Gasteiger partial charge in [-0.15, -0.1) is 0 Å². The molecule has 0 radical (unpaired) electrons. The number of phosphoric acid groups is 1. The van der Waals surface area contributed by atoms with Crippen molar-refractivity contribution >= 4 is 30.8 Å². The van der Waals surface area contributed by atoms with Gasteiger partial charge in [0.1, 0.15) is 59.9 Å². The summed E-state index contributed by atoms with van der Waals surface area (Å²) < 4.78 is 66.6. The van der Waals surface area contributed by atoms with Crippen molar-refractivity contribution in [2.45, 2.75) is 193 Å². The van der Waals surface area contributed by atoms with Crippen LogP contribution >= 0.6 is 19.4 Å². The molecule has 4 heterocycles. The third-order valence-corrected chi connectivity index (χ3v) is 14.2. The van der Waals surface area contributed by atoms with E-state index in [9.17, 15) is 5.26 Å². The molecule has 368 valence electrons. The maximum atomic E-state index is 15.0. The fraction of sp³-hybridized carbons (Fsp3) is 0.700. The standard InChI is InChI=1S/C50H77ClN5O9P/c1-8-11-12-13-14-15-16-17-18-19-20-21-22-23-24-25-26-29-39(61-44(34-52)38(4)58-7)35-60-66(57,64-43-31-28-27-30-40(43)51)65-45-36-59-46(48-47(45)62-50(5,6)63-48)41-32-33-42-49(55(9-2)10-3)53-37-54-56(41)42/h27-28,30-33,37,39,45-48H,8-26,29,35-36H2,1-7H3/b44-38+/t39-,45+,46+,47?,48+,66?/m1/s1. The SMILES string of the molecule is CCCCCCCCCCCCCCCCCCC[C@H](COP(=O)(Oc1ccccc1Cl)O[C@H]1CO[C@@H](c2ccc3c(N(CC)CC)ncnn23)[C@@H]2OC(C)(C)OC12)O/C(C#N)=C(\C)OC. The van der Waals surface area contributed by atoms with Gasteiger partial charge in [-0.25, -0.2) is 14.1 Å². The first-order valence-corrected chi connectivity index (χ1v) is 26.5. The molecule has 3 aromatic rings. The second-order valence-corrected chi connectivity index (χ2v) is 19.9. The first-order chi connectivity index (χ1) is 32.0. The lowest BCUT2D eigenvalue weighted by Crippen LogP contribution is -2.48. The molecule has 66 heavy (non-hydrogen) atoms. The number of hydrogen-bond acceptors (Lipinski definition) is 13. The van der Waals surface area contributed by atoms with E-state index in [0.717, 1.165) is 49.4 Å². The topological polar surface area (TPSA) is 148 Å². The van der Waals surface area contributed by atoms with Gasteiger partial charge in [0.2, 0.25) is 5.76 Å². The molecule has 2 unspecified atom stereocenters. The van der Waals surface area contributed by atoms with Gasteiger partial charge in [-0.1, -0.05) is 133 Å². The number of nitriles is 1. The number of benzene rings is 1. The van der Waals surface area contributed by atoms with Gasteiger partial charge in [0.15, 0.2) is 11.6 Å². The highest BCUT2D eigenvalue weighted by atomic mass is 35.5. The molecule has 2 aromatic heterocycles. The maximum absolute atomic E-state index is 15.0. The van der Waals surface area contributed by atoms with E-state index in [2.05, 4.69) is 41.8 Å². The minimum Gasteiger partial charge on any atom is -0.497 e. The number of halogens is 1. The van der Waals surface area contributed by atoms with Gasteiger partial charge in [-0.05, 0) is 71.7 Å². The summed E-state index contributed by atoms with van der Waals surface area (Å²) in [4.78, 5) is 6.75. The number of aromatic nitrogens is 3. The lowest BCUT2D eigenvalue weighted by Gasteiger charge is -2.37. The molecule has 0 bridgehead atoms. The number of anilines is 1. The van der Waals surface area contributed by atoms with E-state index < -0.39 is 44.1 Å². The third kappa shape index (κ3) is 15.8. The van der Waals surface area contributed by atoms with Crippen molar-refractivity contribution in [3.05, 3.63) is 65.0 Å². The number of allylic oxidation sites excluding steroid dienone is 2. The molecule has 0 aliphatic carbocycles. The van der Waals surface area contributed by atoms with Crippen LogP contribution in [0.25, 0.3) is 5.52 Å². The first-order valence-electron chi connectivity index (χ1n) is 24.7. The molecule has 0 spiro atoms. The van der Waals surface area contributed by atoms with Gasteiger partial charge in [-0.3, -0.25) is 9.05 Å². The van der Waals surface area contributed by atoms with Gasteiger partial charge in [0, 0.05) is 13.1 Å². The van der Waals surface area contributed by atoms with Crippen LogP contribution in [-0.2, 0) is 37.3 Å². The fourth-order valence-electron chi connectivity index (χ4n) is 8.77. The summed E-state index contributed by atoms with van der Waals surface area (Å²) in [5.74, 6) is 0.233. The number of unbranched alkanes of at least 4 members (excludes halogenated alkanes) is 16. The third-order valence-electron chi connectivity index (χ3n) is 12.5. The van der Waals surface area contributed by atoms with E-state index >= 15 is 4.57 Å². The second-order valence-electron chi connectivity index (χ2n) is 17.9. The normalized spacial score (nSPS) is 20.8. The Morgan fingerprint density at radius 3 is 2.11 bits per heavy atom. The summed E-state index contributed by atoms with van der Waals surface area (Å²) in [6.45, 7) is 13.0. The van der Waals surface area contributed by atoms with Gasteiger partial charge < -0.3 is 33.1 Å². The monoisotopic (exact) mass is 958 g/mol. The highest BCUT2D eigenvalue weighted by Crippen LogP contribution is 2.55. The number of ether oxygens (including phenoxy) is 5. The average molecular weight is 959 g/mol. The van der Waals surface area contributed by atoms with Gasteiger partial charge in [-0.2, -0.15) is 10.4 Å². The second kappa shape index (κ2) is 27.6. The van der Waals surface area contributed by atoms with Crippen LogP contribution in [0.4, 0.5) is 5.82 Å². The molecule has 2 fully saturated rings. The van der Waals surface area contributed by atoms with Crippen LogP contribution in [0.3, 0.4) is 0 Å². The minimum atomic E-state index is -4.53. The number of phosphoric ester groups is 1. The molecule has 2 saturated heterocycles. The van der Waals surface area contributed by atoms with Crippen molar-refractivity contribution in [1.29, 1.82) is 5.26 Å². The van der Waals surface area contributed by atoms with E-state index in [1.165, 1.54) is 103 Å². The van der Waals surface area contributed by atoms with Crippen molar-refractivity contribution in [2.24, 2.45) is 0 Å². The van der Waals surface area contributed by atoms with E-state index in [4.69, 9.17) is 48.9 Å². The van der Waals surface area contributed by atoms with Crippen LogP contribution in [0.1, 0.15) is 169 Å². The average Bonchev–Trinajstić information content (AvgIpc) is 3.90. The Morgan fingerprint density at radius 1 is 0.909 bits per heavy atom. The van der Waals surface area contributed by atoms with Crippen molar-refractivity contribution in [3.63, 3.8) is 0 Å². The van der Waals surface area contributed by atoms with Crippen LogP contribution in [0.15, 0.2) is 54.2 Å². The van der Waals surface area contributed by atoms with Gasteiger partial charge >= 0.3 is 7.82 Å². The van der Waals surface area contributed by atoms with E-state index in [0.29, 0.717) is 12.2 Å². The smallest absolute Gasteiger partial charge is 0.497 e. The van der Waals surface area contributed by atoms with Gasteiger partial charge in [0.05, 0.1) is 31.0 Å². The zero-order chi connectivity index (χ0) is 47.4. The summed E-state index contributed by atoms with van der Waals surface area (Å²) in [6, 6.07) is 12.7. The predicted octanol–water partition coefficient (Wildman–Crippen LogP) is 13.2. The Hall–Kier alpha value is -3.41. The number of methoxy groups -OCH3 is 1. The largest absolute Gasteiger partial charge is 0.530 e. The molecule has 5 rings (SSSR count). The maximum Gasteiger partial charge on any atom is 0.530 e. The molecular formula is C50H77ClN5O9P. The summed E-state index contributed by atoms with van der Waals surface area (Å²) in [5, 5.41) is 14.8. The molecule has 0 N–H and O–H groups in total. The highest BCUT2D eigenvalue weighted by molar-refractivity contribution is 7.49. The molecule has 14 nitrogen and oxygen atoms in total. The lowest BCUT2D eigenvalue weighted by molar-refractivity contribution is -0.155. The molecule has 1 aromatic carbocycles. The molecule has 0 amide bonds. The van der Waals surface area contributed by atoms with Crippen molar-refractivity contribution in [3.8, 4) is 11.8 Å². The van der Waals surface area contributed by atoms with Crippen LogP contribution in [-0.4, -0.2) is 78.2 Å². The lowest BCUT2D eigenvalue weighted by atomic mass is 9.98. The molecule has 2 aliphatic heterocycles. The zero-order valence-corrected chi connectivity index (χ0v) is 42.4. The predicted molar refractivity (Wildman–Crippen MR) is 259 cm³/mol. The van der Waals surface area contributed by atoms with E-state index in [1.807, 2.05) is 30.5 Å². The zero-order valence-electron chi connectivity index (χ0n) is 40.7. The number of nitrogens with zero attached hydrogens (tertiary/aromatic N) is 5. The number of fused-ring (bicyclic) bond motifs is 2. The van der Waals surface area contributed by atoms with Crippen LogP contribution in [0.5, 0.6) is 5.75 Å². The Kier molecular flexibility index (Phi) is 22.4. The number of rotatable bonds is 32. The Balaban J connectivity index is 1.22. The quantitative estimate of drug-likeness (QED) is 0.0253. The molecule has 16 heteroatoms. The summed E-state index contributed by atoms with van der Waals surface area (Å²) >= 11 is 6.54. The van der Waals surface area contributed by atoms with Crippen LogP contribution in [0, 0.1) is 11.3 Å². The highest BCUT2D eigenvalue weighted by Gasteiger charge is 2.55. The Bertz CT molecular complexity index is 2020. The summed E-state index contributed by atoms with van der Waals surface area (Å²) in [6.07, 6.45) is 19.9. The summed E-state index contributed by atoms with van der Waals surface area (Å²) in [7, 11) is -3.05. The van der Waals surface area contributed by atoms with E-state index in [1.54, 1.807) is 31.2 Å². The Labute approximate surface area is 399 Å². The number of para-hydroxylation sites is 1. The van der Waals surface area contributed by atoms with Crippen molar-refractivity contribution in [1.82, 2.24) is 14.6 Å². The fourth-order valence-corrected chi connectivity index (χ4v) is 10.4. The summed E-state index contributed by atoms with van der Waals surface area (Å²) in [5.41, 5.74) is 1.58. The molecule has 6 atom stereocenters. The molecule has 2 aliphatic rings.